The molecule has 0 unspecified atom stereocenters. The van der Waals surface area contributed by atoms with Gasteiger partial charge < -0.3 is 4.74 Å². The van der Waals surface area contributed by atoms with Gasteiger partial charge in [-0.25, -0.2) is 0 Å². The van der Waals surface area contributed by atoms with Gasteiger partial charge in [0.2, 0.25) is 0 Å². The van der Waals surface area contributed by atoms with E-state index in [2.05, 4.69) is 24.4 Å². The molecule has 0 aliphatic carbocycles. The van der Waals surface area contributed by atoms with E-state index in [1.807, 2.05) is 11.3 Å². The lowest BCUT2D eigenvalue weighted by Gasteiger charge is -2.11. The average molecular weight is 194 g/mol. The molecule has 0 radical (unpaired) electrons. The van der Waals surface area contributed by atoms with Crippen molar-refractivity contribution >= 4 is 16.9 Å². The van der Waals surface area contributed by atoms with Crippen LogP contribution in [0.25, 0.3) is 5.57 Å². The molecular formula is C11H14OS. The molecule has 0 saturated heterocycles. The molecule has 1 nitrogen and oxygen atoms in total. The first-order chi connectivity index (χ1) is 6.40. The van der Waals surface area contributed by atoms with Gasteiger partial charge in [-0.3, -0.25) is 0 Å². The van der Waals surface area contributed by atoms with E-state index < -0.39 is 0 Å². The molecule has 2 heterocycles. The molecule has 0 bridgehead atoms. The quantitative estimate of drug-likeness (QED) is 0.703. The van der Waals surface area contributed by atoms with E-state index in [0.717, 1.165) is 26.1 Å². The summed E-state index contributed by atoms with van der Waals surface area (Å²) in [6.07, 6.45) is 4.42. The highest BCUT2D eigenvalue weighted by molar-refractivity contribution is 7.10. The SMILES string of the molecule is CCc1cc(C2=CCOCC2)cs1. The van der Waals surface area contributed by atoms with Crippen LogP contribution in [0.5, 0.6) is 0 Å². The zero-order valence-electron chi connectivity index (χ0n) is 7.88. The van der Waals surface area contributed by atoms with Gasteiger partial charge in [-0.15, -0.1) is 11.3 Å². The Morgan fingerprint density at radius 2 is 2.46 bits per heavy atom. The van der Waals surface area contributed by atoms with Crippen LogP contribution < -0.4 is 0 Å². The van der Waals surface area contributed by atoms with Crippen molar-refractivity contribution in [3.63, 3.8) is 0 Å². The standard InChI is InChI=1S/C11H14OS/c1-2-11-7-10(8-13-11)9-3-5-12-6-4-9/h3,7-8H,2,4-6H2,1H3. The van der Waals surface area contributed by atoms with Gasteiger partial charge in [0, 0.05) is 4.88 Å². The van der Waals surface area contributed by atoms with Crippen LogP contribution in [0.2, 0.25) is 0 Å². The molecule has 2 rings (SSSR count). The third-order valence-corrected chi connectivity index (χ3v) is 3.42. The van der Waals surface area contributed by atoms with Gasteiger partial charge in [0.15, 0.2) is 0 Å². The predicted molar refractivity (Wildman–Crippen MR) is 57.1 cm³/mol. The van der Waals surface area contributed by atoms with Gasteiger partial charge in [0.1, 0.15) is 0 Å². The van der Waals surface area contributed by atoms with Gasteiger partial charge in [0.05, 0.1) is 13.2 Å². The Balaban J connectivity index is 2.19. The van der Waals surface area contributed by atoms with E-state index in [1.54, 1.807) is 0 Å². The summed E-state index contributed by atoms with van der Waals surface area (Å²) >= 11 is 1.86. The summed E-state index contributed by atoms with van der Waals surface area (Å²) in [5.41, 5.74) is 2.87. The van der Waals surface area contributed by atoms with Crippen molar-refractivity contribution in [2.75, 3.05) is 13.2 Å². The smallest absolute Gasteiger partial charge is 0.0653 e. The van der Waals surface area contributed by atoms with E-state index in [9.17, 15) is 0 Å². The average Bonchev–Trinajstić information content (AvgIpc) is 2.67. The topological polar surface area (TPSA) is 9.23 Å². The van der Waals surface area contributed by atoms with Gasteiger partial charge in [0.25, 0.3) is 0 Å². The minimum Gasteiger partial charge on any atom is -0.377 e. The Labute approximate surface area is 83.0 Å². The van der Waals surface area contributed by atoms with E-state index in [4.69, 9.17) is 4.74 Å². The number of aryl methyl sites for hydroxylation is 1. The molecule has 13 heavy (non-hydrogen) atoms. The van der Waals surface area contributed by atoms with Crippen LogP contribution in [0.4, 0.5) is 0 Å². The van der Waals surface area contributed by atoms with Gasteiger partial charge in [-0.05, 0) is 35.4 Å². The maximum Gasteiger partial charge on any atom is 0.0653 e. The monoisotopic (exact) mass is 194 g/mol. The van der Waals surface area contributed by atoms with Crippen LogP contribution in [0.3, 0.4) is 0 Å². The molecule has 0 spiro atoms. The maximum atomic E-state index is 5.28. The third-order valence-electron chi connectivity index (χ3n) is 2.34. The molecule has 0 saturated carbocycles. The van der Waals surface area contributed by atoms with E-state index >= 15 is 0 Å². The summed E-state index contributed by atoms with van der Waals surface area (Å²) in [5.74, 6) is 0. The Hall–Kier alpha value is -0.600. The largest absolute Gasteiger partial charge is 0.377 e. The number of hydrogen-bond acceptors (Lipinski definition) is 2. The third kappa shape index (κ3) is 2.01. The predicted octanol–water partition coefficient (Wildman–Crippen LogP) is 3.11. The molecule has 2 heteroatoms. The summed E-state index contributed by atoms with van der Waals surface area (Å²) in [4.78, 5) is 1.47. The zero-order valence-corrected chi connectivity index (χ0v) is 8.69. The Kier molecular flexibility index (Phi) is 2.81. The molecule has 0 aromatic carbocycles. The van der Waals surface area contributed by atoms with E-state index in [-0.39, 0.29) is 0 Å². The summed E-state index contributed by atoms with van der Waals surface area (Å²) < 4.78 is 5.28. The second kappa shape index (κ2) is 4.07. The number of thiophene rings is 1. The minimum absolute atomic E-state index is 0.784. The number of hydrogen-bond donors (Lipinski definition) is 0. The van der Waals surface area contributed by atoms with Crippen LogP contribution >= 0.6 is 11.3 Å². The maximum absolute atomic E-state index is 5.28. The van der Waals surface area contributed by atoms with Crippen molar-refractivity contribution in [1.29, 1.82) is 0 Å². The van der Waals surface area contributed by atoms with Gasteiger partial charge >= 0.3 is 0 Å². The second-order valence-electron chi connectivity index (χ2n) is 3.21. The number of rotatable bonds is 2. The normalized spacial score (nSPS) is 17.2. The highest BCUT2D eigenvalue weighted by atomic mass is 32.1. The van der Waals surface area contributed by atoms with Gasteiger partial charge in [-0.1, -0.05) is 13.0 Å². The molecule has 0 N–H and O–H groups in total. The van der Waals surface area contributed by atoms with Crippen molar-refractivity contribution in [1.82, 2.24) is 0 Å². The van der Waals surface area contributed by atoms with Crippen LogP contribution in [-0.2, 0) is 11.2 Å². The Morgan fingerprint density at radius 1 is 1.54 bits per heavy atom. The van der Waals surface area contributed by atoms with E-state index in [1.165, 1.54) is 16.0 Å². The van der Waals surface area contributed by atoms with Crippen molar-refractivity contribution in [2.45, 2.75) is 19.8 Å². The molecule has 0 atom stereocenters. The van der Waals surface area contributed by atoms with Gasteiger partial charge in [-0.2, -0.15) is 0 Å². The van der Waals surface area contributed by atoms with Crippen LogP contribution in [0, 0.1) is 0 Å². The summed E-state index contributed by atoms with van der Waals surface area (Å²) in [6, 6.07) is 2.31. The van der Waals surface area contributed by atoms with Crippen molar-refractivity contribution < 1.29 is 4.74 Å². The van der Waals surface area contributed by atoms with Crippen LogP contribution in [0.1, 0.15) is 23.8 Å². The van der Waals surface area contributed by atoms with Crippen molar-refractivity contribution in [2.24, 2.45) is 0 Å². The molecule has 0 amide bonds. The Morgan fingerprint density at radius 3 is 3.08 bits per heavy atom. The molecule has 1 aliphatic rings. The fraction of sp³-hybridized carbons (Fsp3) is 0.455. The first-order valence-corrected chi connectivity index (χ1v) is 5.62. The summed E-state index contributed by atoms with van der Waals surface area (Å²) in [6.45, 7) is 3.86. The summed E-state index contributed by atoms with van der Waals surface area (Å²) in [5, 5.41) is 2.26. The van der Waals surface area contributed by atoms with Crippen LogP contribution in [0.15, 0.2) is 17.5 Å². The molecule has 1 aromatic rings. The molecule has 1 aliphatic heterocycles. The lowest BCUT2D eigenvalue weighted by atomic mass is 10.0. The van der Waals surface area contributed by atoms with Crippen LogP contribution in [-0.4, -0.2) is 13.2 Å². The zero-order chi connectivity index (χ0) is 9.10. The first kappa shape index (κ1) is 8.97. The number of ether oxygens (including phenoxy) is 1. The highest BCUT2D eigenvalue weighted by Crippen LogP contribution is 2.26. The second-order valence-corrected chi connectivity index (χ2v) is 4.21. The summed E-state index contributed by atoms with van der Waals surface area (Å²) in [7, 11) is 0. The fourth-order valence-corrected chi connectivity index (χ4v) is 2.38. The fourth-order valence-electron chi connectivity index (χ4n) is 1.52. The molecule has 1 aromatic heterocycles. The molecule has 0 fully saturated rings. The minimum atomic E-state index is 0.784. The Bertz CT molecular complexity index is 312. The molecule has 70 valence electrons. The van der Waals surface area contributed by atoms with Crippen molar-refractivity contribution in [3.05, 3.63) is 28.0 Å². The molecular weight excluding hydrogens is 180 g/mol. The highest BCUT2D eigenvalue weighted by Gasteiger charge is 2.07. The first-order valence-electron chi connectivity index (χ1n) is 4.74. The van der Waals surface area contributed by atoms with E-state index in [0.29, 0.717) is 0 Å². The lowest BCUT2D eigenvalue weighted by Crippen LogP contribution is -2.02. The van der Waals surface area contributed by atoms with Crippen molar-refractivity contribution in [3.8, 4) is 0 Å². The lowest BCUT2D eigenvalue weighted by molar-refractivity contribution is 0.161.